The van der Waals surface area contributed by atoms with Crippen molar-refractivity contribution in [3.63, 3.8) is 0 Å². The molecule has 0 radical (unpaired) electrons. The van der Waals surface area contributed by atoms with E-state index in [2.05, 4.69) is 9.61 Å². The quantitative estimate of drug-likeness (QED) is 0.323. The average molecular weight is 345 g/mol. The number of benzene rings is 1. The van der Waals surface area contributed by atoms with E-state index in [0.717, 1.165) is 0 Å². The van der Waals surface area contributed by atoms with Crippen LogP contribution >= 0.6 is 0 Å². The van der Waals surface area contributed by atoms with Crippen LogP contribution in [-0.4, -0.2) is 37.9 Å². The van der Waals surface area contributed by atoms with Gasteiger partial charge in [-0.05, 0) is 45.7 Å². The van der Waals surface area contributed by atoms with Gasteiger partial charge in [-0.15, -0.1) is 0 Å². The largest absolute Gasteiger partial charge is 0.459 e. The van der Waals surface area contributed by atoms with Gasteiger partial charge in [-0.2, -0.15) is 4.72 Å². The van der Waals surface area contributed by atoms with E-state index < -0.39 is 27.6 Å². The predicted molar refractivity (Wildman–Crippen MR) is 84.2 cm³/mol. The molecule has 7 nitrogen and oxygen atoms in total. The summed E-state index contributed by atoms with van der Waals surface area (Å²) in [5.74, 6) is -0.671. The van der Waals surface area contributed by atoms with Crippen molar-refractivity contribution < 1.29 is 28.1 Å². The fourth-order valence-corrected chi connectivity index (χ4v) is 3.04. The van der Waals surface area contributed by atoms with Crippen molar-refractivity contribution in [2.45, 2.75) is 50.2 Å². The highest BCUT2D eigenvalue weighted by atomic mass is 32.2. The van der Waals surface area contributed by atoms with Gasteiger partial charge in [0.25, 0.3) is 0 Å². The summed E-state index contributed by atoms with van der Waals surface area (Å²) < 4.78 is 32.3. The maximum Gasteiger partial charge on any atom is 0.324 e. The van der Waals surface area contributed by atoms with Gasteiger partial charge in [-0.1, -0.05) is 18.2 Å². The number of esters is 1. The van der Waals surface area contributed by atoms with Crippen LogP contribution in [0.2, 0.25) is 0 Å². The van der Waals surface area contributed by atoms with Crippen LogP contribution in [0.15, 0.2) is 35.2 Å². The molecule has 0 aliphatic rings. The molecule has 0 saturated carbocycles. The van der Waals surface area contributed by atoms with Crippen LogP contribution in [0, 0.1) is 0 Å². The number of nitrogens with one attached hydrogen (secondary N) is 1. The molecule has 1 unspecified atom stereocenters. The highest BCUT2D eigenvalue weighted by Gasteiger charge is 2.29. The summed E-state index contributed by atoms with van der Waals surface area (Å²) in [6, 6.07) is 6.70. The predicted octanol–water partition coefficient (Wildman–Crippen LogP) is 1.94. The topological polar surface area (TPSA) is 102 Å². The number of hydrogen-bond acceptors (Lipinski definition) is 6. The maximum absolute atomic E-state index is 12.3. The third-order valence-electron chi connectivity index (χ3n) is 2.77. The molecule has 0 fully saturated rings. The maximum atomic E-state index is 12.3. The number of sulfonamides is 1. The first-order chi connectivity index (χ1) is 10.7. The molecular formula is C15H23NO6S. The van der Waals surface area contributed by atoms with Crippen LogP contribution in [-0.2, 0) is 24.4 Å². The van der Waals surface area contributed by atoms with Gasteiger partial charge in [0.15, 0.2) is 0 Å². The average Bonchev–Trinajstić information content (AvgIpc) is 2.45. The van der Waals surface area contributed by atoms with Crippen molar-refractivity contribution in [1.82, 2.24) is 4.72 Å². The van der Waals surface area contributed by atoms with Gasteiger partial charge in [0.05, 0.1) is 11.5 Å². The zero-order valence-electron chi connectivity index (χ0n) is 13.5. The van der Waals surface area contributed by atoms with E-state index >= 15 is 0 Å². The number of rotatable bonds is 8. The van der Waals surface area contributed by atoms with Gasteiger partial charge in [0.2, 0.25) is 10.0 Å². The lowest BCUT2D eigenvalue weighted by molar-refractivity contribution is -0.243. The number of hydrogen-bond donors (Lipinski definition) is 2. The molecule has 0 saturated heterocycles. The van der Waals surface area contributed by atoms with Crippen LogP contribution in [0.1, 0.15) is 33.6 Å². The van der Waals surface area contributed by atoms with Crippen molar-refractivity contribution in [2.24, 2.45) is 0 Å². The van der Waals surface area contributed by atoms with E-state index in [1.807, 2.05) is 0 Å². The first-order valence-electron chi connectivity index (χ1n) is 7.22. The van der Waals surface area contributed by atoms with E-state index in [1.165, 1.54) is 12.1 Å². The van der Waals surface area contributed by atoms with Crippen molar-refractivity contribution in [2.75, 3.05) is 6.61 Å². The van der Waals surface area contributed by atoms with E-state index in [1.54, 1.807) is 39.0 Å². The Morgan fingerprint density at radius 3 is 2.39 bits per heavy atom. The standard InChI is InChI=1S/C15H23NO6S/c1-15(2,3)22-14(17)13(10-7-11-21-18)16-23(19,20)12-8-5-4-6-9-12/h4-6,8-9,13,16,18H,7,10-11H2,1-3H3. The highest BCUT2D eigenvalue weighted by Crippen LogP contribution is 2.14. The summed E-state index contributed by atoms with van der Waals surface area (Å²) in [4.78, 5) is 16.2. The summed E-state index contributed by atoms with van der Waals surface area (Å²) in [5.41, 5.74) is -0.735. The van der Waals surface area contributed by atoms with E-state index in [-0.39, 0.29) is 24.3 Å². The molecule has 0 heterocycles. The molecule has 0 aliphatic heterocycles. The number of carbonyl (C=O) groups excluding carboxylic acids is 1. The second-order valence-electron chi connectivity index (χ2n) is 6.00. The normalized spacial score (nSPS) is 13.6. The zero-order chi connectivity index (χ0) is 17.5. The molecule has 1 atom stereocenters. The lowest BCUT2D eigenvalue weighted by atomic mass is 10.1. The molecule has 0 amide bonds. The van der Waals surface area contributed by atoms with Gasteiger partial charge < -0.3 is 4.74 Å². The fraction of sp³-hybridized carbons (Fsp3) is 0.533. The van der Waals surface area contributed by atoms with Gasteiger partial charge in [-0.25, -0.2) is 13.3 Å². The van der Waals surface area contributed by atoms with Crippen LogP contribution in [0.3, 0.4) is 0 Å². The van der Waals surface area contributed by atoms with Crippen LogP contribution < -0.4 is 4.72 Å². The van der Waals surface area contributed by atoms with E-state index in [4.69, 9.17) is 9.99 Å². The molecule has 0 bridgehead atoms. The lowest BCUT2D eigenvalue weighted by Crippen LogP contribution is -2.44. The molecule has 0 aromatic heterocycles. The molecular weight excluding hydrogens is 322 g/mol. The Labute approximate surface area is 136 Å². The Morgan fingerprint density at radius 2 is 1.87 bits per heavy atom. The lowest BCUT2D eigenvalue weighted by Gasteiger charge is -2.24. The molecule has 130 valence electrons. The first kappa shape index (κ1) is 19.6. The Morgan fingerprint density at radius 1 is 1.26 bits per heavy atom. The fourth-order valence-electron chi connectivity index (χ4n) is 1.80. The Bertz CT molecular complexity index is 594. The molecule has 0 aliphatic carbocycles. The Balaban J connectivity index is 2.89. The summed E-state index contributed by atoms with van der Waals surface area (Å²) in [6.07, 6.45) is 0.430. The second kappa shape index (κ2) is 8.39. The van der Waals surface area contributed by atoms with Gasteiger partial charge in [0.1, 0.15) is 11.6 Å². The molecule has 1 aromatic carbocycles. The van der Waals surface area contributed by atoms with Crippen molar-refractivity contribution in [1.29, 1.82) is 0 Å². The number of ether oxygens (including phenoxy) is 1. The summed E-state index contributed by atoms with van der Waals surface area (Å²) in [7, 11) is -3.85. The Hall–Kier alpha value is -1.48. The van der Waals surface area contributed by atoms with Crippen molar-refractivity contribution >= 4 is 16.0 Å². The minimum Gasteiger partial charge on any atom is -0.459 e. The monoisotopic (exact) mass is 345 g/mol. The zero-order valence-corrected chi connectivity index (χ0v) is 14.3. The molecule has 23 heavy (non-hydrogen) atoms. The molecule has 2 N–H and O–H groups in total. The molecule has 1 aromatic rings. The van der Waals surface area contributed by atoms with Crippen molar-refractivity contribution in [3.8, 4) is 0 Å². The smallest absolute Gasteiger partial charge is 0.324 e. The van der Waals surface area contributed by atoms with Gasteiger partial charge in [-0.3, -0.25) is 10.1 Å². The minimum atomic E-state index is -3.85. The number of carbonyl (C=O) groups is 1. The third kappa shape index (κ3) is 7.08. The van der Waals surface area contributed by atoms with Gasteiger partial charge >= 0.3 is 5.97 Å². The van der Waals surface area contributed by atoms with E-state index in [9.17, 15) is 13.2 Å². The third-order valence-corrected chi connectivity index (χ3v) is 4.26. The first-order valence-corrected chi connectivity index (χ1v) is 8.70. The summed E-state index contributed by atoms with van der Waals surface area (Å²) in [5, 5.41) is 8.36. The SMILES string of the molecule is CC(C)(C)OC(=O)C(CCCOO)NS(=O)(=O)c1ccccc1. The van der Waals surface area contributed by atoms with Crippen LogP contribution in [0.25, 0.3) is 0 Å². The Kier molecular flexibility index (Phi) is 7.14. The molecule has 0 spiro atoms. The van der Waals surface area contributed by atoms with E-state index in [0.29, 0.717) is 0 Å². The van der Waals surface area contributed by atoms with Crippen molar-refractivity contribution in [3.05, 3.63) is 30.3 Å². The molecule has 1 rings (SSSR count). The molecule has 8 heteroatoms. The van der Waals surface area contributed by atoms with Crippen LogP contribution in [0.5, 0.6) is 0 Å². The summed E-state index contributed by atoms with van der Waals surface area (Å²) in [6.45, 7) is 5.09. The van der Waals surface area contributed by atoms with Gasteiger partial charge in [0, 0.05) is 0 Å². The summed E-state index contributed by atoms with van der Waals surface area (Å²) >= 11 is 0. The van der Waals surface area contributed by atoms with Crippen LogP contribution in [0.4, 0.5) is 0 Å². The highest BCUT2D eigenvalue weighted by molar-refractivity contribution is 7.89. The minimum absolute atomic E-state index is 0.00758. The second-order valence-corrected chi connectivity index (χ2v) is 7.71.